The summed E-state index contributed by atoms with van der Waals surface area (Å²) in [6.07, 6.45) is 5.08. The zero-order valence-electron chi connectivity index (χ0n) is 12.4. The topological polar surface area (TPSA) is 59.2 Å². The number of carbonyl (C=O) groups is 1. The van der Waals surface area contributed by atoms with Crippen LogP contribution in [-0.2, 0) is 0 Å². The van der Waals surface area contributed by atoms with Crippen LogP contribution in [0.4, 0.5) is 5.69 Å². The second kappa shape index (κ2) is 7.12. The minimum Gasteiger partial charge on any atom is -0.398 e. The van der Waals surface area contributed by atoms with E-state index in [1.807, 2.05) is 4.90 Å². The lowest BCUT2D eigenvalue weighted by atomic mass is 10.1. The number of nitrogens with zero attached hydrogens (tertiary/aromatic N) is 2. The molecule has 106 valence electrons. The molecule has 2 N–H and O–H groups in total. The Morgan fingerprint density at radius 2 is 2.00 bits per heavy atom. The number of nitrogens with two attached hydrogens (primary N) is 1. The summed E-state index contributed by atoms with van der Waals surface area (Å²) in [6.45, 7) is 9.22. The van der Waals surface area contributed by atoms with Gasteiger partial charge in [0.2, 0.25) is 0 Å². The van der Waals surface area contributed by atoms with Crippen molar-refractivity contribution in [1.29, 1.82) is 0 Å². The lowest BCUT2D eigenvalue weighted by Gasteiger charge is -2.32. The van der Waals surface area contributed by atoms with Gasteiger partial charge in [-0.15, -0.1) is 0 Å². The van der Waals surface area contributed by atoms with Gasteiger partial charge in [-0.2, -0.15) is 0 Å². The van der Waals surface area contributed by atoms with Crippen LogP contribution in [0.5, 0.6) is 0 Å². The van der Waals surface area contributed by atoms with Crippen LogP contribution < -0.4 is 5.73 Å². The molecule has 0 aliphatic heterocycles. The molecule has 0 unspecified atom stereocenters. The van der Waals surface area contributed by atoms with Gasteiger partial charge >= 0.3 is 0 Å². The van der Waals surface area contributed by atoms with Gasteiger partial charge in [0, 0.05) is 30.7 Å². The van der Waals surface area contributed by atoms with E-state index in [0.29, 0.717) is 17.2 Å². The molecule has 1 aromatic rings. The first-order valence-electron chi connectivity index (χ1n) is 7.01. The average molecular weight is 263 g/mol. The monoisotopic (exact) mass is 263 g/mol. The van der Waals surface area contributed by atoms with Gasteiger partial charge in [-0.3, -0.25) is 9.78 Å². The van der Waals surface area contributed by atoms with Crippen molar-refractivity contribution in [2.24, 2.45) is 5.92 Å². The molecular weight excluding hydrogens is 238 g/mol. The average Bonchev–Trinajstić information content (AvgIpc) is 2.38. The Kier molecular flexibility index (Phi) is 5.80. The molecule has 0 atom stereocenters. The van der Waals surface area contributed by atoms with Crippen molar-refractivity contribution in [2.75, 3.05) is 12.3 Å². The van der Waals surface area contributed by atoms with Crippen LogP contribution in [0.1, 0.15) is 50.9 Å². The zero-order valence-corrected chi connectivity index (χ0v) is 12.4. The smallest absolute Gasteiger partial charge is 0.257 e. The van der Waals surface area contributed by atoms with Crippen LogP contribution in [0.2, 0.25) is 0 Å². The van der Waals surface area contributed by atoms with Crippen LogP contribution in [0.3, 0.4) is 0 Å². The Bertz CT molecular complexity index is 414. The molecule has 1 heterocycles. The van der Waals surface area contributed by atoms with E-state index >= 15 is 0 Å². The second-order valence-electron chi connectivity index (χ2n) is 5.28. The molecule has 0 radical (unpaired) electrons. The highest BCUT2D eigenvalue weighted by Crippen LogP contribution is 2.18. The van der Waals surface area contributed by atoms with Crippen LogP contribution in [0.25, 0.3) is 0 Å². The van der Waals surface area contributed by atoms with Crippen molar-refractivity contribution < 1.29 is 4.79 Å². The van der Waals surface area contributed by atoms with Crippen molar-refractivity contribution >= 4 is 11.6 Å². The lowest BCUT2D eigenvalue weighted by molar-refractivity contribution is 0.0641. The van der Waals surface area contributed by atoms with E-state index in [9.17, 15) is 4.79 Å². The lowest BCUT2D eigenvalue weighted by Crippen LogP contribution is -2.42. The van der Waals surface area contributed by atoms with Crippen molar-refractivity contribution in [2.45, 2.75) is 46.6 Å². The van der Waals surface area contributed by atoms with Crippen molar-refractivity contribution in [3.63, 3.8) is 0 Å². The van der Waals surface area contributed by atoms with Crippen LogP contribution in [0, 0.1) is 5.92 Å². The summed E-state index contributed by atoms with van der Waals surface area (Å²) < 4.78 is 0. The van der Waals surface area contributed by atoms with Crippen molar-refractivity contribution in [3.8, 4) is 0 Å². The third-order valence-corrected chi connectivity index (χ3v) is 3.29. The van der Waals surface area contributed by atoms with Crippen molar-refractivity contribution in [3.05, 3.63) is 24.0 Å². The Balaban J connectivity index is 3.03. The Morgan fingerprint density at radius 1 is 1.37 bits per heavy atom. The molecular formula is C15H25N3O. The number of pyridine rings is 1. The zero-order chi connectivity index (χ0) is 14.4. The molecule has 0 aliphatic rings. The van der Waals surface area contributed by atoms with E-state index in [4.69, 9.17) is 5.73 Å². The molecule has 0 fully saturated rings. The first-order valence-corrected chi connectivity index (χ1v) is 7.01. The Morgan fingerprint density at radius 3 is 2.47 bits per heavy atom. The maximum Gasteiger partial charge on any atom is 0.257 e. The highest BCUT2D eigenvalue weighted by atomic mass is 16.2. The molecule has 1 amide bonds. The summed E-state index contributed by atoms with van der Waals surface area (Å²) in [6, 6.07) is 1.93. The van der Waals surface area contributed by atoms with E-state index in [1.165, 1.54) is 0 Å². The summed E-state index contributed by atoms with van der Waals surface area (Å²) >= 11 is 0. The number of nitrogen functional groups attached to an aromatic ring is 1. The summed E-state index contributed by atoms with van der Waals surface area (Å²) in [4.78, 5) is 18.6. The molecule has 4 heteroatoms. The highest BCUT2D eigenvalue weighted by Gasteiger charge is 2.24. The number of anilines is 1. The third kappa shape index (κ3) is 3.94. The summed E-state index contributed by atoms with van der Waals surface area (Å²) in [7, 11) is 0. The predicted molar refractivity (Wildman–Crippen MR) is 78.9 cm³/mol. The highest BCUT2D eigenvalue weighted by molar-refractivity contribution is 5.98. The molecule has 1 rings (SSSR count). The number of carbonyl (C=O) groups excluding carboxylic acids is 1. The van der Waals surface area contributed by atoms with Gasteiger partial charge in [0.25, 0.3) is 5.91 Å². The van der Waals surface area contributed by atoms with E-state index in [-0.39, 0.29) is 11.9 Å². The molecule has 0 aromatic carbocycles. The minimum absolute atomic E-state index is 0.00648. The number of hydrogen-bond acceptors (Lipinski definition) is 3. The van der Waals surface area contributed by atoms with E-state index < -0.39 is 0 Å². The maximum atomic E-state index is 12.7. The molecule has 0 spiro atoms. The fourth-order valence-corrected chi connectivity index (χ4v) is 2.26. The number of amides is 1. The van der Waals surface area contributed by atoms with Gasteiger partial charge in [0.1, 0.15) is 0 Å². The van der Waals surface area contributed by atoms with Gasteiger partial charge < -0.3 is 10.6 Å². The fourth-order valence-electron chi connectivity index (χ4n) is 2.26. The first kappa shape index (κ1) is 15.5. The van der Waals surface area contributed by atoms with Gasteiger partial charge in [0.05, 0.1) is 5.56 Å². The number of hydrogen-bond donors (Lipinski definition) is 1. The SMILES string of the molecule is CCC(CC)N(CC(C)C)C(=O)c1cnccc1N. The third-order valence-electron chi connectivity index (χ3n) is 3.29. The van der Waals surface area contributed by atoms with E-state index in [2.05, 4.69) is 32.7 Å². The Labute approximate surface area is 116 Å². The number of aromatic nitrogens is 1. The van der Waals surface area contributed by atoms with Gasteiger partial charge in [0.15, 0.2) is 0 Å². The molecule has 1 aromatic heterocycles. The molecule has 19 heavy (non-hydrogen) atoms. The molecule has 0 saturated heterocycles. The number of rotatable bonds is 6. The molecule has 4 nitrogen and oxygen atoms in total. The van der Waals surface area contributed by atoms with Gasteiger partial charge in [-0.05, 0) is 24.8 Å². The van der Waals surface area contributed by atoms with Crippen molar-refractivity contribution in [1.82, 2.24) is 9.88 Å². The minimum atomic E-state index is -0.00648. The van der Waals surface area contributed by atoms with Crippen LogP contribution in [-0.4, -0.2) is 28.4 Å². The maximum absolute atomic E-state index is 12.7. The predicted octanol–water partition coefficient (Wildman–Crippen LogP) is 2.95. The standard InChI is InChI=1S/C15H25N3O/c1-5-12(6-2)18(10-11(3)4)15(19)13-9-17-8-7-14(13)16/h7-9,11-12H,5-6,10H2,1-4H3,(H2,16,17). The summed E-state index contributed by atoms with van der Waals surface area (Å²) in [5.41, 5.74) is 6.89. The van der Waals surface area contributed by atoms with Gasteiger partial charge in [-0.1, -0.05) is 27.7 Å². The largest absolute Gasteiger partial charge is 0.398 e. The second-order valence-corrected chi connectivity index (χ2v) is 5.28. The Hall–Kier alpha value is -1.58. The van der Waals surface area contributed by atoms with E-state index in [1.54, 1.807) is 18.5 Å². The summed E-state index contributed by atoms with van der Waals surface area (Å²) in [5.74, 6) is 0.426. The van der Waals surface area contributed by atoms with Crippen LogP contribution >= 0.6 is 0 Å². The van der Waals surface area contributed by atoms with Gasteiger partial charge in [-0.25, -0.2) is 0 Å². The fraction of sp³-hybridized carbons (Fsp3) is 0.600. The normalized spacial score (nSPS) is 11.1. The molecule has 0 bridgehead atoms. The quantitative estimate of drug-likeness (QED) is 0.858. The first-order chi connectivity index (χ1) is 9.01. The van der Waals surface area contributed by atoms with E-state index in [0.717, 1.165) is 19.4 Å². The van der Waals surface area contributed by atoms with Crippen LogP contribution in [0.15, 0.2) is 18.5 Å². The summed E-state index contributed by atoms with van der Waals surface area (Å²) in [5, 5.41) is 0. The molecule has 0 saturated carbocycles. The molecule has 0 aliphatic carbocycles.